The summed E-state index contributed by atoms with van der Waals surface area (Å²) in [5.74, 6) is 3.89. The molecule has 53 heavy (non-hydrogen) atoms. The van der Waals surface area contributed by atoms with E-state index >= 15 is 0 Å². The SMILES string of the molecule is CCOCc1nc2c(N)nc3ccccc3c2n1CC(C)(C)NC(=O)CCCCCNC(=O)CCSSCCCC(N)=[NH+]CCCCC(NC)C(C)=O. The molecule has 2 aromatic heterocycles. The summed E-state index contributed by atoms with van der Waals surface area (Å²) < 4.78 is 7.83. The minimum atomic E-state index is -0.562. The quantitative estimate of drug-likeness (QED) is 0.0287. The molecule has 3 aromatic rings. The Balaban J connectivity index is 1.27. The van der Waals surface area contributed by atoms with Crippen LogP contribution in [-0.4, -0.2) is 87.8 Å². The average molecular weight is 773 g/mol. The minimum Gasteiger partial charge on any atom is -0.382 e. The lowest BCUT2D eigenvalue weighted by molar-refractivity contribution is -0.460. The number of rotatable bonds is 27. The smallest absolute Gasteiger partial charge is 0.240 e. The zero-order chi connectivity index (χ0) is 38.6. The number of unbranched alkanes of at least 4 members (excludes halogenated alkanes) is 3. The molecule has 15 heteroatoms. The van der Waals surface area contributed by atoms with Crippen LogP contribution in [0, 0.1) is 0 Å². The van der Waals surface area contributed by atoms with E-state index in [1.165, 1.54) is 0 Å². The highest BCUT2D eigenvalue weighted by Gasteiger charge is 2.26. The number of carbonyl (C=O) groups is 3. The molecule has 2 amide bonds. The maximum Gasteiger partial charge on any atom is 0.240 e. The van der Waals surface area contributed by atoms with Crippen molar-refractivity contribution in [3.05, 3.63) is 30.1 Å². The lowest BCUT2D eigenvalue weighted by Crippen LogP contribution is -2.75. The van der Waals surface area contributed by atoms with Crippen LogP contribution in [0.15, 0.2) is 24.3 Å². The number of para-hydroxylation sites is 1. The van der Waals surface area contributed by atoms with Gasteiger partial charge in [-0.25, -0.2) is 9.97 Å². The third kappa shape index (κ3) is 15.5. The van der Waals surface area contributed by atoms with Crippen molar-refractivity contribution in [2.45, 2.75) is 117 Å². The standard InChI is InChI=1S/C38H61N9O4S2/c1-6-51-25-32-45-35-36(28-15-9-10-17-30(28)44-37(35)40)47(32)26-38(3,4)46-34(50)19-8-7-12-22-43-33(49)20-24-53-52-23-14-18-31(39)42-21-13-11-16-29(41-5)27(2)48/h9-10,15,17,29,41H,6-8,11-14,16,18-26H2,1-5H3,(H2,39,42)(H2,40,44)(H,43,49)(H,46,50)/p+1. The number of benzene rings is 1. The van der Waals surface area contributed by atoms with Gasteiger partial charge in [0.1, 0.15) is 23.7 Å². The van der Waals surface area contributed by atoms with E-state index in [-0.39, 0.29) is 23.6 Å². The number of imidazole rings is 1. The molecule has 1 aromatic carbocycles. The fourth-order valence-corrected chi connectivity index (χ4v) is 8.17. The van der Waals surface area contributed by atoms with Crippen LogP contribution < -0.4 is 32.4 Å². The van der Waals surface area contributed by atoms with Crippen LogP contribution in [-0.2, 0) is 32.3 Å². The second kappa shape index (κ2) is 23.4. The van der Waals surface area contributed by atoms with E-state index in [9.17, 15) is 14.4 Å². The third-order valence-corrected chi connectivity index (χ3v) is 11.3. The zero-order valence-electron chi connectivity index (χ0n) is 32.4. The molecule has 294 valence electrons. The second-order valence-corrected chi connectivity index (χ2v) is 16.7. The van der Waals surface area contributed by atoms with Gasteiger partial charge < -0.3 is 31.0 Å². The monoisotopic (exact) mass is 772 g/mol. The summed E-state index contributed by atoms with van der Waals surface area (Å²) in [5.41, 5.74) is 14.2. The number of nitrogens with zero attached hydrogens (tertiary/aromatic N) is 3. The molecule has 1 atom stereocenters. The van der Waals surface area contributed by atoms with Gasteiger partial charge in [0.05, 0.1) is 29.2 Å². The number of hydrogen-bond acceptors (Lipinski definition) is 10. The summed E-state index contributed by atoms with van der Waals surface area (Å²) in [4.78, 5) is 49.4. The Morgan fingerprint density at radius 3 is 2.51 bits per heavy atom. The molecule has 8 N–H and O–H groups in total. The highest BCUT2D eigenvalue weighted by molar-refractivity contribution is 8.76. The fraction of sp³-hybridized carbons (Fsp3) is 0.632. The Morgan fingerprint density at radius 1 is 0.981 bits per heavy atom. The number of hydrogen-bond donors (Lipinski definition) is 6. The van der Waals surface area contributed by atoms with Crippen molar-refractivity contribution in [3.63, 3.8) is 0 Å². The molecule has 0 bridgehead atoms. The van der Waals surface area contributed by atoms with Crippen LogP contribution in [0.4, 0.5) is 5.82 Å². The van der Waals surface area contributed by atoms with Crippen LogP contribution >= 0.6 is 21.6 Å². The molecule has 0 fully saturated rings. The van der Waals surface area contributed by atoms with Gasteiger partial charge in [0, 0.05) is 55.9 Å². The van der Waals surface area contributed by atoms with E-state index in [1.54, 1.807) is 28.5 Å². The summed E-state index contributed by atoms with van der Waals surface area (Å²) in [6.07, 6.45) is 7.93. The van der Waals surface area contributed by atoms with Crippen molar-refractivity contribution in [2.75, 3.05) is 44.0 Å². The number of Topliss-reactive ketones (excluding diaryl/α,β-unsaturated/α-hetero) is 1. The highest BCUT2D eigenvalue weighted by Crippen LogP contribution is 2.30. The molecular weight excluding hydrogens is 711 g/mol. The average Bonchev–Trinajstić information content (AvgIpc) is 3.47. The van der Waals surface area contributed by atoms with E-state index in [4.69, 9.17) is 21.2 Å². The first kappa shape index (κ1) is 44.0. The number of amidine groups is 1. The number of ketones is 1. The van der Waals surface area contributed by atoms with Crippen LogP contribution in [0.3, 0.4) is 0 Å². The first-order valence-corrected chi connectivity index (χ1v) is 21.4. The van der Waals surface area contributed by atoms with Crippen molar-refractivity contribution in [1.29, 1.82) is 0 Å². The van der Waals surface area contributed by atoms with Crippen molar-refractivity contribution in [2.24, 2.45) is 5.73 Å². The number of nitrogens with two attached hydrogens (primary N) is 2. The van der Waals surface area contributed by atoms with Gasteiger partial charge >= 0.3 is 0 Å². The molecule has 0 aliphatic carbocycles. The maximum atomic E-state index is 13.0. The van der Waals surface area contributed by atoms with Crippen molar-refractivity contribution in [1.82, 2.24) is 30.5 Å². The van der Waals surface area contributed by atoms with Crippen molar-refractivity contribution < 1.29 is 24.1 Å². The number of anilines is 1. The number of nitrogens with one attached hydrogen (secondary N) is 4. The van der Waals surface area contributed by atoms with E-state index in [2.05, 4.69) is 30.5 Å². The molecule has 1 unspecified atom stereocenters. The third-order valence-electron chi connectivity index (χ3n) is 8.84. The number of fused-ring (bicyclic) bond motifs is 3. The predicted octanol–water partition coefficient (Wildman–Crippen LogP) is 3.61. The minimum absolute atomic E-state index is 0.00673. The molecule has 3 rings (SSSR count). The Hall–Kier alpha value is -3.40. The van der Waals surface area contributed by atoms with Crippen molar-refractivity contribution in [3.8, 4) is 0 Å². The number of nitrogen functional groups attached to an aromatic ring is 1. The summed E-state index contributed by atoms with van der Waals surface area (Å²) in [7, 11) is 5.31. The van der Waals surface area contributed by atoms with E-state index in [0.717, 1.165) is 97.5 Å². The molecule has 0 aliphatic rings. The lowest BCUT2D eigenvalue weighted by Gasteiger charge is -2.28. The van der Waals surface area contributed by atoms with E-state index in [0.29, 0.717) is 50.5 Å². The largest absolute Gasteiger partial charge is 0.382 e. The van der Waals surface area contributed by atoms with Gasteiger partial charge in [-0.05, 0) is 79.3 Å². The summed E-state index contributed by atoms with van der Waals surface area (Å²) in [5, 5.41) is 10.2. The lowest BCUT2D eigenvalue weighted by atomic mass is 10.0. The number of amides is 2. The van der Waals surface area contributed by atoms with Gasteiger partial charge in [-0.3, -0.25) is 25.1 Å². The summed E-state index contributed by atoms with van der Waals surface area (Å²) in [6, 6.07) is 7.80. The first-order chi connectivity index (χ1) is 25.5. The van der Waals surface area contributed by atoms with Gasteiger partial charge in [0.15, 0.2) is 5.82 Å². The Morgan fingerprint density at radius 2 is 1.75 bits per heavy atom. The normalized spacial score (nSPS) is 12.7. The molecular formula is C38H62N9O4S2+. The number of ether oxygens (including phenoxy) is 1. The molecule has 0 saturated heterocycles. The summed E-state index contributed by atoms with van der Waals surface area (Å²) in [6.45, 7) is 10.4. The Bertz CT molecular complexity index is 1650. The molecule has 0 radical (unpaired) electrons. The zero-order valence-corrected chi connectivity index (χ0v) is 34.0. The molecule has 2 heterocycles. The van der Waals surface area contributed by atoms with E-state index in [1.807, 2.05) is 52.1 Å². The van der Waals surface area contributed by atoms with Gasteiger partial charge in [0.25, 0.3) is 0 Å². The second-order valence-electron chi connectivity index (χ2n) is 14.0. The van der Waals surface area contributed by atoms with Crippen molar-refractivity contribution >= 4 is 72.8 Å². The number of carbonyl (C=O) groups excluding carboxylic acids is 3. The van der Waals surface area contributed by atoms with Gasteiger partial charge in [-0.1, -0.05) is 46.2 Å². The molecule has 0 saturated carbocycles. The molecule has 0 aliphatic heterocycles. The first-order valence-electron chi connectivity index (χ1n) is 18.9. The number of aromatic nitrogens is 3. The van der Waals surface area contributed by atoms with Crippen LogP contribution in [0.2, 0.25) is 0 Å². The van der Waals surface area contributed by atoms with Crippen LogP contribution in [0.1, 0.15) is 97.7 Å². The number of pyridine rings is 1. The van der Waals surface area contributed by atoms with Gasteiger partial charge in [0.2, 0.25) is 17.6 Å². The fourth-order valence-electron chi connectivity index (χ4n) is 6.09. The topological polar surface area (TPSA) is 193 Å². The Kier molecular flexibility index (Phi) is 19.4. The highest BCUT2D eigenvalue weighted by atomic mass is 33.1. The Labute approximate surface area is 322 Å². The predicted molar refractivity (Wildman–Crippen MR) is 220 cm³/mol. The maximum absolute atomic E-state index is 13.0. The van der Waals surface area contributed by atoms with Crippen LogP contribution in [0.5, 0.6) is 0 Å². The van der Waals surface area contributed by atoms with E-state index < -0.39 is 5.54 Å². The van der Waals surface area contributed by atoms with Gasteiger partial charge in [-0.15, -0.1) is 0 Å². The van der Waals surface area contributed by atoms with Crippen LogP contribution in [0.25, 0.3) is 21.9 Å². The summed E-state index contributed by atoms with van der Waals surface area (Å²) >= 11 is 0. The molecule has 13 nitrogen and oxygen atoms in total. The number of likely N-dealkylation sites (N-methyl/N-ethyl adjacent to an activating group) is 1. The molecule has 0 spiro atoms. The van der Waals surface area contributed by atoms with Gasteiger partial charge in [-0.2, -0.15) is 0 Å².